The number of hydrogen-bond donors (Lipinski definition) is 1. The van der Waals surface area contributed by atoms with Crippen LogP contribution in [0.3, 0.4) is 0 Å². The molecule has 8 nitrogen and oxygen atoms in total. The molecule has 1 N–H and O–H groups in total. The summed E-state index contributed by atoms with van der Waals surface area (Å²) in [6, 6.07) is 16.0. The summed E-state index contributed by atoms with van der Waals surface area (Å²) in [6.07, 6.45) is 0.540. The molecule has 0 spiro atoms. The van der Waals surface area contributed by atoms with E-state index in [4.69, 9.17) is 14.2 Å². The van der Waals surface area contributed by atoms with Crippen LogP contribution in [0.1, 0.15) is 51.2 Å². The van der Waals surface area contributed by atoms with Crippen LogP contribution in [0.2, 0.25) is 0 Å². The summed E-state index contributed by atoms with van der Waals surface area (Å²) < 4.78 is 21.2. The molecule has 0 saturated carbocycles. The predicted octanol–water partition coefficient (Wildman–Crippen LogP) is 4.59. The molecule has 0 radical (unpaired) electrons. The van der Waals surface area contributed by atoms with Crippen molar-refractivity contribution >= 4 is 18.0 Å². The van der Waals surface area contributed by atoms with E-state index in [2.05, 4.69) is 10.1 Å². The van der Waals surface area contributed by atoms with E-state index in [1.807, 2.05) is 57.2 Å². The molecule has 1 unspecified atom stereocenters. The van der Waals surface area contributed by atoms with Gasteiger partial charge in [0.25, 0.3) is 0 Å². The molecule has 0 heterocycles. The average Bonchev–Trinajstić information content (AvgIpc) is 2.83. The van der Waals surface area contributed by atoms with Gasteiger partial charge in [0.2, 0.25) is 0 Å². The van der Waals surface area contributed by atoms with E-state index in [9.17, 15) is 14.4 Å². The van der Waals surface area contributed by atoms with Gasteiger partial charge in [-0.2, -0.15) is 0 Å². The largest absolute Gasteiger partial charge is 0.469 e. The van der Waals surface area contributed by atoms with Gasteiger partial charge in [0.05, 0.1) is 25.4 Å². The van der Waals surface area contributed by atoms with Gasteiger partial charge in [-0.3, -0.25) is 9.59 Å². The molecule has 1 amide bonds. The third-order valence-corrected chi connectivity index (χ3v) is 4.92. The van der Waals surface area contributed by atoms with Crippen molar-refractivity contribution < 1.29 is 33.3 Å². The van der Waals surface area contributed by atoms with Crippen LogP contribution in [0.15, 0.2) is 54.6 Å². The van der Waals surface area contributed by atoms with E-state index in [0.717, 1.165) is 11.1 Å². The number of ether oxygens (including phenoxy) is 4. The quantitative estimate of drug-likeness (QED) is 0.347. The normalized spacial score (nSPS) is 11.9. The zero-order chi connectivity index (χ0) is 25.7. The van der Waals surface area contributed by atoms with Crippen LogP contribution in [-0.4, -0.2) is 43.4 Å². The van der Waals surface area contributed by atoms with Crippen LogP contribution < -0.4 is 10.1 Å². The lowest BCUT2D eigenvalue weighted by Crippen LogP contribution is -2.41. The zero-order valence-corrected chi connectivity index (χ0v) is 20.9. The van der Waals surface area contributed by atoms with E-state index in [1.165, 1.54) is 7.11 Å². The van der Waals surface area contributed by atoms with Crippen molar-refractivity contribution in [3.05, 3.63) is 65.7 Å². The number of benzene rings is 2. The maximum Gasteiger partial charge on any atom is 0.407 e. The molecule has 0 fully saturated rings. The van der Waals surface area contributed by atoms with Gasteiger partial charge in [-0.05, 0) is 56.9 Å². The first-order valence-electron chi connectivity index (χ1n) is 11.6. The van der Waals surface area contributed by atoms with Gasteiger partial charge in [-0.1, -0.05) is 42.5 Å². The summed E-state index contributed by atoms with van der Waals surface area (Å²) >= 11 is 0. The monoisotopic (exact) mass is 485 g/mol. The van der Waals surface area contributed by atoms with Crippen molar-refractivity contribution in [3.63, 3.8) is 0 Å². The number of hydrogen-bond acceptors (Lipinski definition) is 7. The first kappa shape index (κ1) is 27.9. The van der Waals surface area contributed by atoms with Crippen LogP contribution in [0.25, 0.3) is 0 Å². The molecule has 0 aromatic heterocycles. The number of alkyl carbamates (subject to hydrolysis) is 1. The fraction of sp³-hybridized carbons (Fsp3) is 0.444. The number of carbonyl (C=O) groups is 3. The maximum atomic E-state index is 12.5. The number of esters is 2. The minimum atomic E-state index is -0.581. The Morgan fingerprint density at radius 2 is 1.63 bits per heavy atom. The molecule has 0 bridgehead atoms. The van der Waals surface area contributed by atoms with Crippen molar-refractivity contribution in [2.24, 2.45) is 0 Å². The second-order valence-corrected chi connectivity index (χ2v) is 9.06. The lowest BCUT2D eigenvalue weighted by Gasteiger charge is -2.25. The van der Waals surface area contributed by atoms with Crippen molar-refractivity contribution in [1.82, 2.24) is 5.32 Å². The van der Waals surface area contributed by atoms with Gasteiger partial charge in [0.15, 0.2) is 0 Å². The van der Waals surface area contributed by atoms with Crippen LogP contribution in [0, 0.1) is 0 Å². The van der Waals surface area contributed by atoms with Crippen molar-refractivity contribution in [2.75, 3.05) is 13.7 Å². The van der Waals surface area contributed by atoms with E-state index in [1.54, 1.807) is 18.2 Å². The molecule has 2 aromatic rings. The number of aryl methyl sites for hydroxylation is 1. The average molecular weight is 486 g/mol. The fourth-order valence-corrected chi connectivity index (χ4v) is 3.07. The topological polar surface area (TPSA) is 100 Å². The number of amides is 1. The molecule has 0 aliphatic carbocycles. The Morgan fingerprint density at radius 3 is 2.31 bits per heavy atom. The van der Waals surface area contributed by atoms with Gasteiger partial charge in [-0.15, -0.1) is 0 Å². The highest BCUT2D eigenvalue weighted by molar-refractivity contribution is 5.73. The Balaban J connectivity index is 1.87. The van der Waals surface area contributed by atoms with Crippen molar-refractivity contribution in [3.8, 4) is 5.75 Å². The zero-order valence-electron chi connectivity index (χ0n) is 20.9. The molecule has 2 aromatic carbocycles. The summed E-state index contributed by atoms with van der Waals surface area (Å²) in [5.41, 5.74) is 1.33. The summed E-state index contributed by atoms with van der Waals surface area (Å²) in [7, 11) is 1.35. The summed E-state index contributed by atoms with van der Waals surface area (Å²) in [6.45, 7) is 6.12. The predicted molar refractivity (Wildman–Crippen MR) is 131 cm³/mol. The standard InChI is InChI=1S/C27H35NO7/c1-27(2,3)34-19-22(28-26(31)33-18-21-9-6-5-7-10-21)14-16-25(30)35-23-12-8-11-20(17-23)13-15-24(29)32-4/h5-12,17,22H,13-16,18-19H2,1-4H3,(H,28,31). The highest BCUT2D eigenvalue weighted by Crippen LogP contribution is 2.17. The van der Waals surface area contributed by atoms with E-state index >= 15 is 0 Å². The van der Waals surface area contributed by atoms with Crippen LogP contribution in [0.5, 0.6) is 5.75 Å². The van der Waals surface area contributed by atoms with Crippen LogP contribution >= 0.6 is 0 Å². The Labute approximate surface area is 206 Å². The van der Waals surface area contributed by atoms with Crippen LogP contribution in [-0.2, 0) is 36.8 Å². The van der Waals surface area contributed by atoms with E-state index in [0.29, 0.717) is 18.6 Å². The van der Waals surface area contributed by atoms with Crippen molar-refractivity contribution in [2.45, 2.75) is 64.7 Å². The molecule has 0 aliphatic rings. The van der Waals surface area contributed by atoms with E-state index in [-0.39, 0.29) is 32.0 Å². The third kappa shape index (κ3) is 12.0. The SMILES string of the molecule is COC(=O)CCc1cccc(OC(=O)CCC(COC(C)(C)C)NC(=O)OCc2ccccc2)c1. The Bertz CT molecular complexity index is 954. The number of methoxy groups -OCH3 is 1. The number of carbonyl (C=O) groups excluding carboxylic acids is 3. The fourth-order valence-electron chi connectivity index (χ4n) is 3.07. The molecule has 190 valence electrons. The number of nitrogens with one attached hydrogen (secondary N) is 1. The second-order valence-electron chi connectivity index (χ2n) is 9.06. The summed E-state index contributed by atoms with van der Waals surface area (Å²) in [4.78, 5) is 36.1. The molecule has 1 atom stereocenters. The van der Waals surface area contributed by atoms with Gasteiger partial charge in [-0.25, -0.2) is 4.79 Å². The van der Waals surface area contributed by atoms with Gasteiger partial charge < -0.3 is 24.3 Å². The maximum absolute atomic E-state index is 12.5. The molecule has 35 heavy (non-hydrogen) atoms. The minimum absolute atomic E-state index is 0.0729. The summed E-state index contributed by atoms with van der Waals surface area (Å²) in [5.74, 6) is -0.337. The summed E-state index contributed by atoms with van der Waals surface area (Å²) in [5, 5.41) is 2.78. The van der Waals surface area contributed by atoms with Gasteiger partial charge >= 0.3 is 18.0 Å². The highest BCUT2D eigenvalue weighted by atomic mass is 16.6. The number of rotatable bonds is 12. The van der Waals surface area contributed by atoms with Crippen LogP contribution in [0.4, 0.5) is 4.79 Å². The second kappa shape index (κ2) is 14.1. The van der Waals surface area contributed by atoms with E-state index < -0.39 is 23.7 Å². The first-order chi connectivity index (χ1) is 16.6. The lowest BCUT2D eigenvalue weighted by atomic mass is 10.1. The molecule has 0 aliphatic heterocycles. The van der Waals surface area contributed by atoms with Gasteiger partial charge in [0.1, 0.15) is 12.4 Å². The van der Waals surface area contributed by atoms with Gasteiger partial charge in [0, 0.05) is 12.8 Å². The molecule has 2 rings (SSSR count). The molecule has 0 saturated heterocycles. The Hall–Kier alpha value is -3.39. The minimum Gasteiger partial charge on any atom is -0.469 e. The van der Waals surface area contributed by atoms with Crippen molar-refractivity contribution in [1.29, 1.82) is 0 Å². The molecule has 8 heteroatoms. The Kier molecular flexibility index (Phi) is 11.2. The smallest absolute Gasteiger partial charge is 0.407 e. The molecular formula is C27H35NO7. The third-order valence-electron chi connectivity index (χ3n) is 4.92. The Morgan fingerprint density at radius 1 is 0.914 bits per heavy atom. The lowest BCUT2D eigenvalue weighted by molar-refractivity contribution is -0.140. The first-order valence-corrected chi connectivity index (χ1v) is 11.6. The molecular weight excluding hydrogens is 450 g/mol. The highest BCUT2D eigenvalue weighted by Gasteiger charge is 2.20.